The number of carbonyl (C=O) groups excluding carboxylic acids is 2. The fraction of sp³-hybridized carbons (Fsp3) is 0.200. The maximum atomic E-state index is 12.0. The second-order valence-electron chi connectivity index (χ2n) is 6.09. The third kappa shape index (κ3) is 4.24. The number of benzene rings is 2. The van der Waals surface area contributed by atoms with Crippen LogP contribution < -0.4 is 5.32 Å². The zero-order valence-electron chi connectivity index (χ0n) is 14.5. The molecule has 0 radical (unpaired) electrons. The smallest absolute Gasteiger partial charge is 0.310 e. The van der Waals surface area contributed by atoms with Crippen LogP contribution in [0.1, 0.15) is 16.7 Å². The minimum Gasteiger partial charge on any atom is -0.464 e. The number of halogens is 1. The number of carbonyl (C=O) groups is 2. The molecule has 1 aromatic heterocycles. The lowest BCUT2D eigenvalue weighted by molar-refractivity contribution is -0.146. The standard InChI is InChI=1S/C20H18ClNO4/c1-12-7-17-14(10-25-18(17)8-13(12)2)9-20(24)26-11-19(23)22-16-5-3-15(21)4-6-16/h3-8,10H,9,11H2,1-2H3,(H,22,23). The number of furan rings is 1. The minimum atomic E-state index is -0.489. The van der Waals surface area contributed by atoms with E-state index in [0.717, 1.165) is 27.7 Å². The second kappa shape index (κ2) is 7.62. The molecule has 0 saturated carbocycles. The van der Waals surface area contributed by atoms with Crippen molar-refractivity contribution >= 4 is 40.1 Å². The third-order valence-corrected chi connectivity index (χ3v) is 4.35. The first-order valence-electron chi connectivity index (χ1n) is 8.11. The summed E-state index contributed by atoms with van der Waals surface area (Å²) in [6.45, 7) is 3.66. The highest BCUT2D eigenvalue weighted by molar-refractivity contribution is 6.30. The molecule has 0 fully saturated rings. The van der Waals surface area contributed by atoms with Crippen LogP contribution >= 0.6 is 11.6 Å². The fourth-order valence-electron chi connectivity index (χ4n) is 2.56. The highest BCUT2D eigenvalue weighted by Crippen LogP contribution is 2.25. The average Bonchev–Trinajstić information content (AvgIpc) is 2.97. The summed E-state index contributed by atoms with van der Waals surface area (Å²) in [7, 11) is 0. The van der Waals surface area contributed by atoms with Gasteiger partial charge < -0.3 is 14.5 Å². The van der Waals surface area contributed by atoms with Crippen LogP contribution in [0.3, 0.4) is 0 Å². The van der Waals surface area contributed by atoms with Gasteiger partial charge in [0.2, 0.25) is 0 Å². The highest BCUT2D eigenvalue weighted by atomic mass is 35.5. The number of esters is 1. The third-order valence-electron chi connectivity index (χ3n) is 4.10. The van der Waals surface area contributed by atoms with Gasteiger partial charge in [0.15, 0.2) is 6.61 Å². The van der Waals surface area contributed by atoms with Gasteiger partial charge in [-0.3, -0.25) is 9.59 Å². The Balaban J connectivity index is 1.56. The van der Waals surface area contributed by atoms with Gasteiger partial charge in [-0.2, -0.15) is 0 Å². The van der Waals surface area contributed by atoms with Gasteiger partial charge in [-0.1, -0.05) is 11.6 Å². The molecule has 3 aromatic rings. The van der Waals surface area contributed by atoms with Crippen molar-refractivity contribution in [3.63, 3.8) is 0 Å². The van der Waals surface area contributed by atoms with Crippen LogP contribution in [-0.4, -0.2) is 18.5 Å². The van der Waals surface area contributed by atoms with E-state index in [2.05, 4.69) is 5.32 Å². The molecule has 0 atom stereocenters. The SMILES string of the molecule is Cc1cc2occ(CC(=O)OCC(=O)Nc3ccc(Cl)cc3)c2cc1C. The first kappa shape index (κ1) is 18.0. The van der Waals surface area contributed by atoms with Crippen LogP contribution in [0.25, 0.3) is 11.0 Å². The van der Waals surface area contributed by atoms with Crippen LogP contribution in [-0.2, 0) is 20.7 Å². The van der Waals surface area contributed by atoms with Crippen molar-refractivity contribution in [3.05, 3.63) is 64.4 Å². The Hall–Kier alpha value is -2.79. The number of anilines is 1. The van der Waals surface area contributed by atoms with Gasteiger partial charge in [-0.15, -0.1) is 0 Å². The van der Waals surface area contributed by atoms with E-state index in [1.807, 2.05) is 26.0 Å². The van der Waals surface area contributed by atoms with Crippen molar-refractivity contribution in [1.29, 1.82) is 0 Å². The maximum Gasteiger partial charge on any atom is 0.310 e. The number of rotatable bonds is 5. The molecule has 0 saturated heterocycles. The van der Waals surface area contributed by atoms with Crippen molar-refractivity contribution in [2.45, 2.75) is 20.3 Å². The Labute approximate surface area is 155 Å². The lowest BCUT2D eigenvalue weighted by Gasteiger charge is -2.06. The van der Waals surface area contributed by atoms with E-state index in [9.17, 15) is 9.59 Å². The van der Waals surface area contributed by atoms with Gasteiger partial charge in [0.25, 0.3) is 5.91 Å². The molecule has 1 N–H and O–H groups in total. The molecule has 0 unspecified atom stereocenters. The molecule has 5 nitrogen and oxygen atoms in total. The maximum absolute atomic E-state index is 12.0. The van der Waals surface area contributed by atoms with Gasteiger partial charge in [0, 0.05) is 21.7 Å². The molecule has 1 amide bonds. The van der Waals surface area contributed by atoms with E-state index < -0.39 is 11.9 Å². The van der Waals surface area contributed by atoms with Gasteiger partial charge in [0.1, 0.15) is 5.58 Å². The molecular weight excluding hydrogens is 354 g/mol. The van der Waals surface area contributed by atoms with Gasteiger partial charge >= 0.3 is 5.97 Å². The van der Waals surface area contributed by atoms with Gasteiger partial charge in [-0.25, -0.2) is 0 Å². The van der Waals surface area contributed by atoms with Crippen molar-refractivity contribution < 1.29 is 18.7 Å². The second-order valence-corrected chi connectivity index (χ2v) is 6.52. The topological polar surface area (TPSA) is 68.5 Å². The zero-order chi connectivity index (χ0) is 18.7. The normalized spacial score (nSPS) is 10.7. The lowest BCUT2D eigenvalue weighted by Crippen LogP contribution is -2.21. The summed E-state index contributed by atoms with van der Waals surface area (Å²) in [6.07, 6.45) is 1.60. The van der Waals surface area contributed by atoms with E-state index in [-0.39, 0.29) is 13.0 Å². The molecular formula is C20H18ClNO4. The van der Waals surface area contributed by atoms with Crippen LogP contribution in [0.4, 0.5) is 5.69 Å². The summed E-state index contributed by atoms with van der Waals surface area (Å²) in [5.74, 6) is -0.902. The minimum absolute atomic E-state index is 0.0454. The van der Waals surface area contributed by atoms with Crippen LogP contribution in [0.5, 0.6) is 0 Å². The Morgan fingerprint density at radius 2 is 1.81 bits per heavy atom. The van der Waals surface area contributed by atoms with Gasteiger partial charge in [-0.05, 0) is 61.4 Å². The number of hydrogen-bond acceptors (Lipinski definition) is 4. The van der Waals surface area contributed by atoms with Crippen molar-refractivity contribution in [2.75, 3.05) is 11.9 Å². The quantitative estimate of drug-likeness (QED) is 0.674. The molecule has 0 aliphatic heterocycles. The Morgan fingerprint density at radius 1 is 1.12 bits per heavy atom. The van der Waals surface area contributed by atoms with Gasteiger partial charge in [0.05, 0.1) is 12.7 Å². The number of ether oxygens (including phenoxy) is 1. The Morgan fingerprint density at radius 3 is 2.54 bits per heavy atom. The Kier molecular flexibility index (Phi) is 5.28. The van der Waals surface area contributed by atoms with Crippen molar-refractivity contribution in [3.8, 4) is 0 Å². The van der Waals surface area contributed by atoms with Crippen LogP contribution in [0.15, 0.2) is 47.1 Å². The monoisotopic (exact) mass is 371 g/mol. The molecule has 1 heterocycles. The van der Waals surface area contributed by atoms with E-state index in [1.165, 1.54) is 0 Å². The van der Waals surface area contributed by atoms with Crippen LogP contribution in [0, 0.1) is 13.8 Å². The highest BCUT2D eigenvalue weighted by Gasteiger charge is 2.14. The molecule has 0 aliphatic carbocycles. The van der Waals surface area contributed by atoms with Crippen LogP contribution in [0.2, 0.25) is 5.02 Å². The number of nitrogens with one attached hydrogen (secondary N) is 1. The fourth-order valence-corrected chi connectivity index (χ4v) is 2.68. The summed E-state index contributed by atoms with van der Waals surface area (Å²) in [5.41, 5.74) is 4.31. The molecule has 26 heavy (non-hydrogen) atoms. The summed E-state index contributed by atoms with van der Waals surface area (Å²) < 4.78 is 10.6. The summed E-state index contributed by atoms with van der Waals surface area (Å²) >= 11 is 5.79. The molecule has 6 heteroatoms. The first-order chi connectivity index (χ1) is 12.4. The molecule has 134 valence electrons. The number of hydrogen-bond donors (Lipinski definition) is 1. The van der Waals surface area contributed by atoms with E-state index in [1.54, 1.807) is 30.5 Å². The predicted octanol–water partition coefficient (Wildman–Crippen LogP) is 4.43. The van der Waals surface area contributed by atoms with E-state index in [4.69, 9.17) is 20.8 Å². The average molecular weight is 372 g/mol. The largest absolute Gasteiger partial charge is 0.464 e. The predicted molar refractivity (Wildman–Crippen MR) is 100 cm³/mol. The summed E-state index contributed by atoms with van der Waals surface area (Å²) in [5, 5.41) is 4.09. The molecule has 0 spiro atoms. The zero-order valence-corrected chi connectivity index (χ0v) is 15.2. The van der Waals surface area contributed by atoms with Crippen molar-refractivity contribution in [2.24, 2.45) is 0 Å². The Bertz CT molecular complexity index is 960. The number of aryl methyl sites for hydroxylation is 2. The number of amides is 1. The molecule has 0 aliphatic rings. The summed E-state index contributed by atoms with van der Waals surface area (Å²) in [4.78, 5) is 23.9. The lowest BCUT2D eigenvalue weighted by atomic mass is 10.0. The summed E-state index contributed by atoms with van der Waals surface area (Å²) in [6, 6.07) is 10.6. The molecule has 3 rings (SSSR count). The molecule has 0 bridgehead atoms. The first-order valence-corrected chi connectivity index (χ1v) is 8.48. The van der Waals surface area contributed by atoms with E-state index >= 15 is 0 Å². The van der Waals surface area contributed by atoms with Crippen molar-refractivity contribution in [1.82, 2.24) is 0 Å². The number of fused-ring (bicyclic) bond motifs is 1. The van der Waals surface area contributed by atoms with E-state index in [0.29, 0.717) is 10.7 Å². The molecule has 2 aromatic carbocycles.